The second kappa shape index (κ2) is 82.3. The van der Waals surface area contributed by atoms with Crippen LogP contribution in [0.5, 0.6) is 5.75 Å². The largest absolute Gasteiger partial charge is 0.491 e. The van der Waals surface area contributed by atoms with E-state index in [0.29, 0.717) is 45.7 Å². The fourth-order valence-electron chi connectivity index (χ4n) is 8.99. The van der Waals surface area contributed by atoms with E-state index in [-0.39, 0.29) is 134 Å². The van der Waals surface area contributed by atoms with Crippen LogP contribution >= 0.6 is 11.8 Å². The van der Waals surface area contributed by atoms with Gasteiger partial charge in [-0.2, -0.15) is 11.8 Å². The summed E-state index contributed by atoms with van der Waals surface area (Å²) in [6.45, 7) is 77.0. The van der Waals surface area contributed by atoms with Crippen molar-refractivity contribution in [1.29, 1.82) is 0 Å². The molecule has 0 aliphatic carbocycles. The van der Waals surface area contributed by atoms with Gasteiger partial charge in [-0.1, -0.05) is 177 Å². The Balaban J connectivity index is -0.0000000563. The van der Waals surface area contributed by atoms with Gasteiger partial charge in [0, 0.05) is 32.7 Å². The number of carbonyl (C=O) groups excluding carboxylic acids is 1. The molecule has 0 aromatic heterocycles. The first-order chi connectivity index (χ1) is 44.7. The lowest BCUT2D eigenvalue weighted by Gasteiger charge is -2.44. The van der Waals surface area contributed by atoms with Crippen LogP contribution in [0.1, 0.15) is 218 Å². The molecule has 0 heterocycles. The molecule has 4 unspecified atom stereocenters. The number of rotatable bonds is 43. The molecule has 1 rings (SSSR count). The van der Waals surface area contributed by atoms with Crippen LogP contribution in [0.15, 0.2) is 24.3 Å². The number of unbranched alkanes of at least 4 members (excludes halogenated alkanes) is 1. The highest BCUT2D eigenvalue weighted by Gasteiger charge is 2.50. The van der Waals surface area contributed by atoms with Crippen LogP contribution in [0.2, 0.25) is 170 Å². The minimum atomic E-state index is -2.65. The van der Waals surface area contributed by atoms with E-state index in [0.717, 1.165) is 55.8 Å². The van der Waals surface area contributed by atoms with Crippen molar-refractivity contribution in [2.24, 2.45) is 5.92 Å². The highest BCUT2D eigenvalue weighted by Crippen LogP contribution is 2.31. The Bertz CT molecular complexity index is 2130. The first-order valence-electron chi connectivity index (χ1n) is 36.2. The van der Waals surface area contributed by atoms with Crippen LogP contribution in [0.25, 0.3) is 0 Å². The zero-order valence-corrected chi connectivity index (χ0v) is 83.1. The quantitative estimate of drug-likeness (QED) is 0.0301. The second-order valence-electron chi connectivity index (χ2n) is 30.3. The molecule has 1 aromatic carbocycles. The molecule has 21 nitrogen and oxygen atoms in total. The first-order valence-corrected chi connectivity index (χ1v) is 72.4. The number of esters is 1. The van der Waals surface area contributed by atoms with E-state index in [9.17, 15) is 14.7 Å². The zero-order chi connectivity index (χ0) is 79.2. The van der Waals surface area contributed by atoms with Gasteiger partial charge in [0.2, 0.25) is 8.32 Å². The van der Waals surface area contributed by atoms with Gasteiger partial charge >= 0.3 is 83.0 Å². The van der Waals surface area contributed by atoms with Gasteiger partial charge in [-0.05, 0) is 247 Å². The van der Waals surface area contributed by atoms with Crippen molar-refractivity contribution in [1.82, 2.24) is 0 Å². The Morgan fingerprint density at radius 2 is 0.690 bits per heavy atom. The van der Waals surface area contributed by atoms with Crippen LogP contribution in [0.3, 0.4) is 0 Å². The molecule has 0 saturated carbocycles. The molecule has 0 saturated heterocycles. The number of benzene rings is 1. The molecule has 0 aliphatic rings. The van der Waals surface area contributed by atoms with Crippen LogP contribution in [-0.2, 0) is 71.6 Å². The molecule has 0 aliphatic heterocycles. The lowest BCUT2D eigenvalue weighted by molar-refractivity contribution is -0.146. The van der Waals surface area contributed by atoms with Crippen molar-refractivity contribution in [2.45, 2.75) is 407 Å². The Hall–Kier alpha value is 0.723. The third kappa shape index (κ3) is 113. The molecule has 0 radical (unpaired) electrons. The molecule has 4 atom stereocenters. The number of carbonyl (C=O) groups is 1. The number of hydrogen-bond donors (Lipinski definition) is 5. The molecule has 113 heavy (non-hydrogen) atoms. The number of hydrogen-bond acceptors (Lipinski definition) is 22. The molecule has 34 heteroatoms. The summed E-state index contributed by atoms with van der Waals surface area (Å²) >= 11 is 1.77. The van der Waals surface area contributed by atoms with Gasteiger partial charge in [-0.25, -0.2) is 0 Å². The Morgan fingerprint density at radius 3 is 0.938 bits per heavy atom. The Labute approximate surface area is 728 Å². The van der Waals surface area contributed by atoms with Crippen molar-refractivity contribution in [3.8, 4) is 5.75 Å². The summed E-state index contributed by atoms with van der Waals surface area (Å²) in [5.74, 6) is 2.82. The SMILES string of the molecule is C.C.C.C.C.C.C.C.C.C.C.C.C.C.CCC(O)COC[Si](C)(C)O.CCCCc1ccccc1OCC(O)CC.CCOC(=O)C(C)CSCC.CCOCC.CCOCC(O)CC.CC[Si](C)(C)O.CO[Si](C)(C)O[Si](C)(C)O[Si](C)(C)O[Si](C)(C)O[Si](C)(C)O[Si](C)(C)O[Si](C)(C)O[Si](C)(C)O[Si](C)(C)O[Si](C)(C)C. The topological polar surface area (TPSA) is 257 Å². The highest BCUT2D eigenvalue weighted by atomic mass is 32.2. The normalized spacial score (nSPS) is 12.3. The molecular weight excluding hydrogens is 1650 g/mol. The summed E-state index contributed by atoms with van der Waals surface area (Å²) in [6, 6.07) is 9.06. The van der Waals surface area contributed by atoms with E-state index in [1.165, 1.54) is 18.4 Å². The van der Waals surface area contributed by atoms with Crippen LogP contribution in [-0.4, -0.2) is 222 Å². The lowest BCUT2D eigenvalue weighted by atomic mass is 10.1. The Kier molecular flexibility index (Phi) is 120. The van der Waals surface area contributed by atoms with Gasteiger partial charge in [-0.3, -0.25) is 4.79 Å². The van der Waals surface area contributed by atoms with Gasteiger partial charge in [0.1, 0.15) is 12.4 Å². The van der Waals surface area contributed by atoms with Gasteiger partial charge in [0.15, 0.2) is 16.6 Å². The predicted octanol–water partition coefficient (Wildman–Crippen LogP) is 25.5. The second-order valence-corrected chi connectivity index (χ2v) is 77.0. The molecule has 5 N–H and O–H groups in total. The van der Waals surface area contributed by atoms with E-state index in [4.69, 9.17) is 80.2 Å². The summed E-state index contributed by atoms with van der Waals surface area (Å²) in [4.78, 5) is 29.3. The highest BCUT2D eigenvalue weighted by molar-refractivity contribution is 7.99. The Morgan fingerprint density at radius 1 is 0.398 bits per heavy atom. The van der Waals surface area contributed by atoms with Crippen molar-refractivity contribution < 1.29 is 94.9 Å². The van der Waals surface area contributed by atoms with Gasteiger partial charge in [-0.15, -0.1) is 0 Å². The number of para-hydroxylation sites is 1. The third-order valence-corrected chi connectivity index (χ3v) is 53.1. The smallest absolute Gasteiger partial charge is 0.322 e. The monoisotopic (exact) mass is 1870 g/mol. The van der Waals surface area contributed by atoms with Crippen LogP contribution in [0.4, 0.5) is 0 Å². The average molecular weight is 1870 g/mol. The van der Waals surface area contributed by atoms with Crippen molar-refractivity contribution >= 4 is 120 Å². The van der Waals surface area contributed by atoms with E-state index >= 15 is 0 Å². The van der Waals surface area contributed by atoms with Crippen LogP contribution < -0.4 is 4.74 Å². The molecule has 0 bridgehead atoms. The summed E-state index contributed by atoms with van der Waals surface area (Å²) in [7, 11) is -26.5. The maximum Gasteiger partial charge on any atom is 0.322 e. The lowest BCUT2D eigenvalue weighted by Crippen LogP contribution is -2.62. The predicted molar refractivity (Wildman–Crippen MR) is 539 cm³/mol. The fraction of sp³-hybridized carbons (Fsp3) is 0.911. The van der Waals surface area contributed by atoms with E-state index < -0.39 is 102 Å². The summed E-state index contributed by atoms with van der Waals surface area (Å²) in [6.07, 6.45) is 5.02. The zero-order valence-electron chi connectivity index (χ0n) is 70.3. The molecule has 1 aromatic rings. The number of thioether (sulfide) groups is 1. The molecule has 0 spiro atoms. The minimum absolute atomic E-state index is 0. The van der Waals surface area contributed by atoms with E-state index in [2.05, 4.69) is 131 Å². The first kappa shape index (κ1) is 165. The number of ether oxygens (including phenoxy) is 5. The van der Waals surface area contributed by atoms with Gasteiger partial charge < -0.3 is 90.1 Å². The molecular formula is C79H214O21SSi12. The van der Waals surface area contributed by atoms with Gasteiger partial charge in [0.05, 0.1) is 50.3 Å². The average Bonchev–Trinajstić information content (AvgIpc) is 0.805. The van der Waals surface area contributed by atoms with Crippen LogP contribution in [0, 0.1) is 5.92 Å². The number of aliphatic hydroxyl groups excluding tert-OH is 3. The van der Waals surface area contributed by atoms with Gasteiger partial charge in [0.25, 0.3) is 0 Å². The summed E-state index contributed by atoms with van der Waals surface area (Å²) in [5, 5.41) is 27.4. The van der Waals surface area contributed by atoms with Crippen molar-refractivity contribution in [2.75, 3.05) is 71.1 Å². The summed E-state index contributed by atoms with van der Waals surface area (Å²) < 4.78 is 90.4. The number of aliphatic hydroxyl groups is 3. The van der Waals surface area contributed by atoms with Crippen molar-refractivity contribution in [3.05, 3.63) is 29.8 Å². The number of aryl methyl sites for hydroxylation is 1. The molecule has 710 valence electrons. The summed E-state index contributed by atoms with van der Waals surface area (Å²) in [5.41, 5.74) is 1.24. The fourth-order valence-corrected chi connectivity index (χ4v) is 58.8. The third-order valence-electron chi connectivity index (χ3n) is 12.4. The minimum Gasteiger partial charge on any atom is -0.491 e. The maximum atomic E-state index is 11.0. The van der Waals surface area contributed by atoms with E-state index in [1.54, 1.807) is 18.9 Å². The van der Waals surface area contributed by atoms with Crippen molar-refractivity contribution in [3.63, 3.8) is 0 Å². The molecule has 0 fully saturated rings. The molecule has 0 amide bonds. The standard InChI is InChI=1S/C22H66O10Si10.C14H22O2.C8H16O2S.C7H18O3Si.C6H14O2.C4H12OSi.C4H10O.14CH4/c1-23-34(5,6)25-36(9,10)27-38(13,14)29-40(17,18)31-42(21,22)32-41(19,20)30-39(15,16)28-37(11,12)26-35(7,8)24-33(2,3)4;1-3-5-8-12-9-6-7-10-14(12)16-11-13(15)4-2;1-4-10-8(9)7(3)6-11-5-2;1-4-7(8)5-10-6-11(2,3)9;1-3-6(7)5-8-4-2;1-4-6(2,3)5;1-3-5-4-2;;;;;;;;;;;;;;/h1-22H3;6-7,9-10,13,15H,3-5,8,11H2,1-2H3;7H,4-6H2,1-3H3;7-9H,4-6H2,1-3H3;6-7H,3-5H2,1-2H3;5H,4H2,1-3H3;3-4H2,1-2H3;14*1H4. The maximum absolute atomic E-state index is 11.0. The van der Waals surface area contributed by atoms with E-state index in [1.807, 2.05) is 133 Å².